The van der Waals surface area contributed by atoms with E-state index in [4.69, 9.17) is 11.2 Å². The van der Waals surface area contributed by atoms with Crippen LogP contribution < -0.4 is 4.74 Å². The summed E-state index contributed by atoms with van der Waals surface area (Å²) in [6.45, 7) is 2.90. The molecular formula is C14H14N2O. The molecule has 0 atom stereocenters. The molecule has 0 N–H and O–H groups in total. The van der Waals surface area contributed by atoms with Gasteiger partial charge in [0.05, 0.1) is 13.3 Å². The molecule has 2 aromatic rings. The molecule has 0 aliphatic heterocycles. The highest BCUT2D eigenvalue weighted by Gasteiger charge is 2.04. The summed E-state index contributed by atoms with van der Waals surface area (Å²) in [5.74, 6) is 3.39. The maximum absolute atomic E-state index is 5.43. The van der Waals surface area contributed by atoms with Crippen LogP contribution in [0.1, 0.15) is 12.5 Å². The van der Waals surface area contributed by atoms with Gasteiger partial charge in [0, 0.05) is 23.9 Å². The average molecular weight is 226 g/mol. The maximum atomic E-state index is 5.43. The van der Waals surface area contributed by atoms with E-state index >= 15 is 0 Å². The monoisotopic (exact) mass is 226 g/mol. The van der Waals surface area contributed by atoms with E-state index in [9.17, 15) is 0 Å². The fraction of sp³-hybridized carbons (Fsp3) is 0.214. The fourth-order valence-corrected chi connectivity index (χ4v) is 1.65. The van der Waals surface area contributed by atoms with Crippen molar-refractivity contribution in [2.24, 2.45) is 0 Å². The number of hydrogen-bond donors (Lipinski definition) is 0. The number of methoxy groups -OCH3 is 1. The normalized spacial score (nSPS) is 9.94. The van der Waals surface area contributed by atoms with E-state index in [-0.39, 0.29) is 0 Å². The van der Waals surface area contributed by atoms with E-state index in [1.165, 1.54) is 0 Å². The average Bonchev–Trinajstić information content (AvgIpc) is 2.86. The Hall–Kier alpha value is -2.21. The van der Waals surface area contributed by atoms with Gasteiger partial charge in [0.15, 0.2) is 0 Å². The maximum Gasteiger partial charge on any atom is 0.120 e. The van der Waals surface area contributed by atoms with Crippen molar-refractivity contribution in [3.63, 3.8) is 0 Å². The summed E-state index contributed by atoms with van der Waals surface area (Å²) < 4.78 is 7.11. The van der Waals surface area contributed by atoms with E-state index in [2.05, 4.69) is 17.9 Å². The molecule has 0 bridgehead atoms. The van der Waals surface area contributed by atoms with Gasteiger partial charge in [-0.05, 0) is 30.7 Å². The second-order valence-electron chi connectivity index (χ2n) is 3.68. The van der Waals surface area contributed by atoms with Crippen LogP contribution in [0.25, 0.3) is 11.1 Å². The van der Waals surface area contributed by atoms with Gasteiger partial charge in [-0.3, -0.25) is 4.68 Å². The van der Waals surface area contributed by atoms with Crippen LogP contribution in [0.5, 0.6) is 5.75 Å². The Balaban J connectivity index is 2.47. The predicted octanol–water partition coefficient (Wildman–Crippen LogP) is 2.56. The number of benzene rings is 1. The van der Waals surface area contributed by atoms with Gasteiger partial charge in [-0.25, -0.2) is 0 Å². The van der Waals surface area contributed by atoms with Crippen LogP contribution >= 0.6 is 0 Å². The molecule has 0 aliphatic carbocycles. The van der Waals surface area contributed by atoms with E-state index in [1.807, 2.05) is 35.3 Å². The summed E-state index contributed by atoms with van der Waals surface area (Å²) in [5.41, 5.74) is 2.88. The minimum Gasteiger partial charge on any atom is -0.497 e. The summed E-state index contributed by atoms with van der Waals surface area (Å²) in [4.78, 5) is 0. The number of nitrogens with zero attached hydrogens (tertiary/aromatic N) is 2. The molecule has 0 radical (unpaired) electrons. The van der Waals surface area contributed by atoms with Crippen LogP contribution in [-0.2, 0) is 6.54 Å². The Morgan fingerprint density at radius 2 is 2.18 bits per heavy atom. The summed E-state index contributed by atoms with van der Waals surface area (Å²) in [6.07, 6.45) is 9.25. The minimum absolute atomic E-state index is 0.764. The lowest BCUT2D eigenvalue weighted by Crippen LogP contribution is -1.92. The summed E-state index contributed by atoms with van der Waals surface area (Å²) in [5, 5.41) is 4.25. The van der Waals surface area contributed by atoms with Crippen molar-refractivity contribution in [2.45, 2.75) is 13.5 Å². The molecule has 0 fully saturated rings. The molecular weight excluding hydrogens is 212 g/mol. The first-order valence-electron chi connectivity index (χ1n) is 5.45. The second-order valence-corrected chi connectivity index (χ2v) is 3.68. The van der Waals surface area contributed by atoms with Crippen LogP contribution in [0, 0.1) is 12.3 Å². The van der Waals surface area contributed by atoms with Crippen LogP contribution in [0.3, 0.4) is 0 Å². The van der Waals surface area contributed by atoms with E-state index in [0.717, 1.165) is 29.0 Å². The van der Waals surface area contributed by atoms with Crippen LogP contribution in [0.2, 0.25) is 0 Å². The lowest BCUT2D eigenvalue weighted by molar-refractivity contribution is 0.415. The zero-order valence-electron chi connectivity index (χ0n) is 9.97. The third-order valence-electron chi connectivity index (χ3n) is 2.60. The molecule has 1 aromatic heterocycles. The van der Waals surface area contributed by atoms with Gasteiger partial charge in [-0.2, -0.15) is 5.10 Å². The van der Waals surface area contributed by atoms with Gasteiger partial charge in [0.2, 0.25) is 0 Å². The number of hydrogen-bond acceptors (Lipinski definition) is 2. The summed E-state index contributed by atoms with van der Waals surface area (Å²) in [6, 6.07) is 5.76. The van der Waals surface area contributed by atoms with Gasteiger partial charge >= 0.3 is 0 Å². The number of ether oxygens (including phenoxy) is 1. The summed E-state index contributed by atoms with van der Waals surface area (Å²) >= 11 is 0. The molecule has 0 saturated heterocycles. The molecule has 0 saturated carbocycles. The predicted molar refractivity (Wildman–Crippen MR) is 67.8 cm³/mol. The zero-order chi connectivity index (χ0) is 12.3. The lowest BCUT2D eigenvalue weighted by Gasteiger charge is -2.04. The highest BCUT2D eigenvalue weighted by molar-refractivity contribution is 5.66. The molecule has 1 heterocycles. The molecule has 0 unspecified atom stereocenters. The smallest absolute Gasteiger partial charge is 0.120 e. The minimum atomic E-state index is 0.764. The first kappa shape index (κ1) is 11.3. The van der Waals surface area contributed by atoms with Crippen LogP contribution in [0.15, 0.2) is 30.6 Å². The highest BCUT2D eigenvalue weighted by atomic mass is 16.5. The Morgan fingerprint density at radius 3 is 2.76 bits per heavy atom. The Bertz CT molecular complexity index is 564. The SMILES string of the molecule is C#Cc1cc(OC)cc(-c2cnn(CC)c2)c1. The molecule has 2 rings (SSSR count). The van der Waals surface area contributed by atoms with Crippen molar-refractivity contribution in [1.29, 1.82) is 0 Å². The molecule has 3 heteroatoms. The van der Waals surface area contributed by atoms with Crippen molar-refractivity contribution in [2.75, 3.05) is 7.11 Å². The van der Waals surface area contributed by atoms with Gasteiger partial charge in [-0.1, -0.05) is 5.92 Å². The number of aryl methyl sites for hydroxylation is 1. The van der Waals surface area contributed by atoms with E-state index in [1.54, 1.807) is 7.11 Å². The standard InChI is InChI=1S/C14H14N2O/c1-4-11-6-12(8-14(7-11)17-3)13-9-15-16(5-2)10-13/h1,6-10H,5H2,2-3H3. The van der Waals surface area contributed by atoms with Crippen molar-refractivity contribution in [1.82, 2.24) is 9.78 Å². The van der Waals surface area contributed by atoms with Crippen LogP contribution in [0.4, 0.5) is 0 Å². The third-order valence-corrected chi connectivity index (χ3v) is 2.60. The van der Waals surface area contributed by atoms with E-state index in [0.29, 0.717) is 0 Å². The third kappa shape index (κ3) is 2.31. The lowest BCUT2D eigenvalue weighted by atomic mass is 10.1. The molecule has 0 spiro atoms. The van der Waals surface area contributed by atoms with Crippen LogP contribution in [-0.4, -0.2) is 16.9 Å². The van der Waals surface area contributed by atoms with Crippen molar-refractivity contribution in [3.8, 4) is 29.2 Å². The molecule has 86 valence electrons. The quantitative estimate of drug-likeness (QED) is 0.752. The number of terminal acetylenes is 1. The van der Waals surface area contributed by atoms with Crippen molar-refractivity contribution < 1.29 is 4.74 Å². The molecule has 17 heavy (non-hydrogen) atoms. The fourth-order valence-electron chi connectivity index (χ4n) is 1.65. The molecule has 3 nitrogen and oxygen atoms in total. The highest BCUT2D eigenvalue weighted by Crippen LogP contribution is 2.25. The Labute approximate surface area is 101 Å². The topological polar surface area (TPSA) is 27.1 Å². The van der Waals surface area contributed by atoms with Gasteiger partial charge in [0.1, 0.15) is 5.75 Å². The van der Waals surface area contributed by atoms with Gasteiger partial charge in [-0.15, -0.1) is 6.42 Å². The van der Waals surface area contributed by atoms with Gasteiger partial charge < -0.3 is 4.74 Å². The largest absolute Gasteiger partial charge is 0.497 e. The molecule has 0 amide bonds. The van der Waals surface area contributed by atoms with Crippen molar-refractivity contribution >= 4 is 0 Å². The second kappa shape index (κ2) is 4.75. The van der Waals surface area contributed by atoms with Crippen molar-refractivity contribution in [3.05, 3.63) is 36.2 Å². The first-order valence-corrected chi connectivity index (χ1v) is 5.45. The number of rotatable bonds is 3. The first-order chi connectivity index (χ1) is 8.26. The number of aromatic nitrogens is 2. The van der Waals surface area contributed by atoms with E-state index < -0.39 is 0 Å². The molecule has 0 aliphatic rings. The summed E-state index contributed by atoms with van der Waals surface area (Å²) in [7, 11) is 1.63. The Morgan fingerprint density at radius 1 is 1.35 bits per heavy atom. The zero-order valence-corrected chi connectivity index (χ0v) is 9.97. The Kier molecular flexibility index (Phi) is 3.15. The molecule has 1 aromatic carbocycles. The van der Waals surface area contributed by atoms with Gasteiger partial charge in [0.25, 0.3) is 0 Å².